The van der Waals surface area contributed by atoms with Gasteiger partial charge in [-0.15, -0.1) is 11.6 Å². The Bertz CT molecular complexity index is 121. The number of unbranched alkanes of at least 4 members (excludes halogenated alkanes) is 3. The Morgan fingerprint density at radius 3 is 2.43 bits per heavy atom. The van der Waals surface area contributed by atoms with Crippen LogP contribution in [0, 0.1) is 5.92 Å². The van der Waals surface area contributed by atoms with Crippen molar-refractivity contribution < 1.29 is 4.74 Å². The Kier molecular flexibility index (Phi) is 7.52. The number of hydrogen-bond acceptors (Lipinski definition) is 1. The minimum absolute atomic E-state index is 0.808. The summed E-state index contributed by atoms with van der Waals surface area (Å²) >= 11 is 5.60. The van der Waals surface area contributed by atoms with E-state index in [0.717, 1.165) is 31.4 Å². The van der Waals surface area contributed by atoms with Crippen LogP contribution in [0.4, 0.5) is 0 Å². The molecule has 84 valence electrons. The van der Waals surface area contributed by atoms with Crippen molar-refractivity contribution in [3.63, 3.8) is 0 Å². The maximum atomic E-state index is 5.66. The van der Waals surface area contributed by atoms with E-state index in [2.05, 4.69) is 0 Å². The van der Waals surface area contributed by atoms with Crippen molar-refractivity contribution in [2.75, 3.05) is 19.1 Å². The zero-order valence-electron chi connectivity index (χ0n) is 9.14. The van der Waals surface area contributed by atoms with Gasteiger partial charge in [0.15, 0.2) is 0 Å². The van der Waals surface area contributed by atoms with E-state index < -0.39 is 0 Å². The standard InChI is InChI=1S/C12H23ClO/c13-9-5-1-2-6-10-14-11-12-7-3-4-8-12/h12H,1-11H2. The van der Waals surface area contributed by atoms with Gasteiger partial charge in [0.05, 0.1) is 0 Å². The Morgan fingerprint density at radius 1 is 1.00 bits per heavy atom. The van der Waals surface area contributed by atoms with Crippen LogP contribution < -0.4 is 0 Å². The summed E-state index contributed by atoms with van der Waals surface area (Å²) in [6, 6.07) is 0. The summed E-state index contributed by atoms with van der Waals surface area (Å²) < 4.78 is 5.66. The van der Waals surface area contributed by atoms with Crippen molar-refractivity contribution in [2.24, 2.45) is 5.92 Å². The second-order valence-electron chi connectivity index (χ2n) is 4.33. The second kappa shape index (κ2) is 8.55. The number of hydrogen-bond donors (Lipinski definition) is 0. The SMILES string of the molecule is ClCCCCCCOCC1CCCC1. The Labute approximate surface area is 93.2 Å². The monoisotopic (exact) mass is 218 g/mol. The third kappa shape index (κ3) is 5.87. The molecule has 1 aliphatic carbocycles. The molecule has 0 aromatic carbocycles. The molecule has 0 aromatic rings. The molecule has 0 N–H and O–H groups in total. The Hall–Kier alpha value is 0.250. The van der Waals surface area contributed by atoms with E-state index in [4.69, 9.17) is 16.3 Å². The van der Waals surface area contributed by atoms with Crippen LogP contribution in [-0.4, -0.2) is 19.1 Å². The van der Waals surface area contributed by atoms with Crippen LogP contribution in [-0.2, 0) is 4.74 Å². The number of halogens is 1. The maximum absolute atomic E-state index is 5.66. The van der Waals surface area contributed by atoms with Gasteiger partial charge in [-0.05, 0) is 31.6 Å². The van der Waals surface area contributed by atoms with Crippen molar-refractivity contribution in [3.05, 3.63) is 0 Å². The van der Waals surface area contributed by atoms with Crippen LogP contribution in [0.5, 0.6) is 0 Å². The quantitative estimate of drug-likeness (QED) is 0.442. The number of rotatable bonds is 8. The highest BCUT2D eigenvalue weighted by Gasteiger charge is 2.14. The molecule has 1 rings (SSSR count). The molecule has 0 amide bonds. The lowest BCUT2D eigenvalue weighted by Gasteiger charge is -2.09. The average Bonchev–Trinajstić information content (AvgIpc) is 2.69. The topological polar surface area (TPSA) is 9.23 Å². The number of ether oxygens (including phenoxy) is 1. The van der Waals surface area contributed by atoms with Gasteiger partial charge in [-0.3, -0.25) is 0 Å². The average molecular weight is 219 g/mol. The molecule has 0 aromatic heterocycles. The van der Waals surface area contributed by atoms with Crippen molar-refractivity contribution in [2.45, 2.75) is 51.4 Å². The van der Waals surface area contributed by atoms with Gasteiger partial charge in [0.1, 0.15) is 0 Å². The van der Waals surface area contributed by atoms with Gasteiger partial charge < -0.3 is 4.74 Å². The minimum Gasteiger partial charge on any atom is -0.381 e. The highest BCUT2D eigenvalue weighted by atomic mass is 35.5. The van der Waals surface area contributed by atoms with Crippen molar-refractivity contribution in [1.82, 2.24) is 0 Å². The molecule has 0 aliphatic heterocycles. The Morgan fingerprint density at radius 2 is 1.71 bits per heavy atom. The third-order valence-corrected chi connectivity index (χ3v) is 3.27. The summed E-state index contributed by atoms with van der Waals surface area (Å²) in [7, 11) is 0. The first-order chi connectivity index (χ1) is 6.93. The van der Waals surface area contributed by atoms with Gasteiger partial charge >= 0.3 is 0 Å². The van der Waals surface area contributed by atoms with E-state index >= 15 is 0 Å². The van der Waals surface area contributed by atoms with Crippen LogP contribution in [0.2, 0.25) is 0 Å². The molecule has 0 heterocycles. The predicted octanol–water partition coefficient (Wildman–Crippen LogP) is 3.99. The molecule has 0 spiro atoms. The third-order valence-electron chi connectivity index (χ3n) is 3.00. The van der Waals surface area contributed by atoms with Crippen molar-refractivity contribution in [3.8, 4) is 0 Å². The van der Waals surface area contributed by atoms with Crippen LogP contribution in [0.25, 0.3) is 0 Å². The van der Waals surface area contributed by atoms with E-state index in [1.54, 1.807) is 0 Å². The molecule has 0 radical (unpaired) electrons. The molecular formula is C12H23ClO. The molecule has 2 heteroatoms. The summed E-state index contributed by atoms with van der Waals surface area (Å²) in [4.78, 5) is 0. The lowest BCUT2D eigenvalue weighted by atomic mass is 10.1. The van der Waals surface area contributed by atoms with Crippen molar-refractivity contribution in [1.29, 1.82) is 0 Å². The van der Waals surface area contributed by atoms with Crippen LogP contribution in [0.3, 0.4) is 0 Å². The predicted molar refractivity (Wildman–Crippen MR) is 62.0 cm³/mol. The van der Waals surface area contributed by atoms with Gasteiger partial charge in [0, 0.05) is 19.1 Å². The molecule has 1 saturated carbocycles. The zero-order valence-corrected chi connectivity index (χ0v) is 9.90. The van der Waals surface area contributed by atoms with Gasteiger partial charge in [0.25, 0.3) is 0 Å². The molecule has 1 aliphatic rings. The van der Waals surface area contributed by atoms with Crippen LogP contribution >= 0.6 is 11.6 Å². The molecule has 0 saturated heterocycles. The lowest BCUT2D eigenvalue weighted by Crippen LogP contribution is -2.06. The first-order valence-corrected chi connectivity index (χ1v) is 6.60. The molecule has 1 fully saturated rings. The summed E-state index contributed by atoms with van der Waals surface area (Å²) in [5.74, 6) is 1.68. The van der Waals surface area contributed by atoms with Gasteiger partial charge in [-0.1, -0.05) is 25.7 Å². The first kappa shape index (κ1) is 12.3. The Balaban J connectivity index is 1.75. The van der Waals surface area contributed by atoms with Gasteiger partial charge in [-0.2, -0.15) is 0 Å². The van der Waals surface area contributed by atoms with Gasteiger partial charge in [0.2, 0.25) is 0 Å². The van der Waals surface area contributed by atoms with E-state index in [-0.39, 0.29) is 0 Å². The molecule has 1 nitrogen and oxygen atoms in total. The fraction of sp³-hybridized carbons (Fsp3) is 1.00. The molecule has 0 atom stereocenters. The summed E-state index contributed by atoms with van der Waals surface area (Å²) in [6.45, 7) is 1.97. The lowest BCUT2D eigenvalue weighted by molar-refractivity contribution is 0.0979. The second-order valence-corrected chi connectivity index (χ2v) is 4.71. The number of alkyl halides is 1. The maximum Gasteiger partial charge on any atom is 0.0494 e. The largest absolute Gasteiger partial charge is 0.381 e. The fourth-order valence-corrected chi connectivity index (χ4v) is 2.27. The smallest absolute Gasteiger partial charge is 0.0494 e. The fourth-order valence-electron chi connectivity index (χ4n) is 2.08. The summed E-state index contributed by atoms with van der Waals surface area (Å²) in [5.41, 5.74) is 0. The van der Waals surface area contributed by atoms with Crippen LogP contribution in [0.1, 0.15) is 51.4 Å². The van der Waals surface area contributed by atoms with Crippen molar-refractivity contribution >= 4 is 11.6 Å². The molecule has 0 unspecified atom stereocenters. The first-order valence-electron chi connectivity index (χ1n) is 6.07. The van der Waals surface area contributed by atoms with Crippen LogP contribution in [0.15, 0.2) is 0 Å². The van der Waals surface area contributed by atoms with E-state index in [0.29, 0.717) is 0 Å². The summed E-state index contributed by atoms with van der Waals surface area (Å²) in [5, 5.41) is 0. The molecule has 14 heavy (non-hydrogen) atoms. The normalized spacial score (nSPS) is 17.8. The highest BCUT2D eigenvalue weighted by molar-refractivity contribution is 6.17. The van der Waals surface area contributed by atoms with E-state index in [1.165, 1.54) is 44.9 Å². The highest BCUT2D eigenvalue weighted by Crippen LogP contribution is 2.24. The molecular weight excluding hydrogens is 196 g/mol. The summed E-state index contributed by atoms with van der Waals surface area (Å²) in [6.07, 6.45) is 10.5. The minimum atomic E-state index is 0.808. The van der Waals surface area contributed by atoms with Gasteiger partial charge in [-0.25, -0.2) is 0 Å². The van der Waals surface area contributed by atoms with E-state index in [1.807, 2.05) is 0 Å². The molecule has 0 bridgehead atoms. The van der Waals surface area contributed by atoms with E-state index in [9.17, 15) is 0 Å². The zero-order chi connectivity index (χ0) is 10.1.